The second-order valence-corrected chi connectivity index (χ2v) is 7.74. The van der Waals surface area contributed by atoms with Crippen molar-refractivity contribution in [2.24, 2.45) is 0 Å². The maximum absolute atomic E-state index is 12.2. The summed E-state index contributed by atoms with van der Waals surface area (Å²) in [7, 11) is 0. The lowest BCUT2D eigenvalue weighted by atomic mass is 10.1. The average Bonchev–Trinajstić information content (AvgIpc) is 2.63. The quantitative estimate of drug-likeness (QED) is 0.661. The Morgan fingerprint density at radius 2 is 1.95 bits per heavy atom. The van der Waals surface area contributed by atoms with Crippen molar-refractivity contribution in [2.75, 3.05) is 5.32 Å². The van der Waals surface area contributed by atoms with Gasteiger partial charge in [0.2, 0.25) is 5.28 Å². The molecule has 0 fully saturated rings. The van der Waals surface area contributed by atoms with Crippen LogP contribution < -0.4 is 5.32 Å². The molecule has 0 aliphatic carbocycles. The highest BCUT2D eigenvalue weighted by molar-refractivity contribution is 7.20. The van der Waals surface area contributed by atoms with E-state index in [1.807, 2.05) is 41.5 Å². The van der Waals surface area contributed by atoms with Crippen molar-refractivity contribution >= 4 is 44.9 Å². The lowest BCUT2D eigenvalue weighted by Crippen LogP contribution is -2.27. The first-order valence-corrected chi connectivity index (χ1v) is 8.23. The third-order valence-corrected chi connectivity index (χ3v) is 4.12. The molecular weight excluding hydrogens is 322 g/mol. The van der Waals surface area contributed by atoms with Crippen LogP contribution in [0.3, 0.4) is 0 Å². The molecule has 0 aromatic carbocycles. The molecule has 2 aromatic rings. The molecule has 120 valence electrons. The van der Waals surface area contributed by atoms with E-state index in [4.69, 9.17) is 16.3 Å². The van der Waals surface area contributed by atoms with Gasteiger partial charge in [-0.2, -0.15) is 0 Å². The van der Waals surface area contributed by atoms with Crippen molar-refractivity contribution in [3.05, 3.63) is 15.7 Å². The van der Waals surface area contributed by atoms with E-state index in [1.165, 1.54) is 11.3 Å². The first-order valence-electron chi connectivity index (χ1n) is 7.04. The summed E-state index contributed by atoms with van der Waals surface area (Å²) in [6.45, 7) is 11.6. The molecule has 0 saturated carbocycles. The maximum Gasteiger partial charge on any atom is 0.348 e. The fraction of sp³-hybridized carbons (Fsp3) is 0.533. The number of aromatic nitrogens is 2. The molecule has 2 heterocycles. The number of carbonyl (C=O) groups excluding carboxylic acids is 1. The van der Waals surface area contributed by atoms with Gasteiger partial charge >= 0.3 is 5.97 Å². The van der Waals surface area contributed by atoms with Crippen molar-refractivity contribution in [3.8, 4) is 0 Å². The van der Waals surface area contributed by atoms with Gasteiger partial charge in [0.25, 0.3) is 0 Å². The summed E-state index contributed by atoms with van der Waals surface area (Å²) in [4.78, 5) is 21.9. The normalized spacial score (nSPS) is 12.0. The van der Waals surface area contributed by atoms with Crippen LogP contribution in [-0.4, -0.2) is 27.6 Å². The average molecular weight is 342 g/mol. The Morgan fingerprint density at radius 1 is 1.32 bits per heavy atom. The summed E-state index contributed by atoms with van der Waals surface area (Å²) in [5.74, 6) is 0.299. The molecule has 1 N–H and O–H groups in total. The minimum Gasteiger partial charge on any atom is -0.459 e. The first kappa shape index (κ1) is 17.0. The summed E-state index contributed by atoms with van der Waals surface area (Å²) in [6.07, 6.45) is -0.168. The number of rotatable bonds is 3. The zero-order chi connectivity index (χ0) is 16.7. The Bertz CT molecular complexity index is 720. The van der Waals surface area contributed by atoms with Crippen LogP contribution in [0.4, 0.5) is 5.82 Å². The molecule has 22 heavy (non-hydrogen) atoms. The SMILES string of the molecule is Cc1c(C(=O)OC(C)C)sc2nc(Cl)nc(NC(C)(C)C)c12. The summed E-state index contributed by atoms with van der Waals surface area (Å²) in [5.41, 5.74) is 0.631. The lowest BCUT2D eigenvalue weighted by Gasteiger charge is -2.22. The van der Waals surface area contributed by atoms with Gasteiger partial charge in [0, 0.05) is 5.54 Å². The molecule has 2 aromatic heterocycles. The van der Waals surface area contributed by atoms with Crippen LogP contribution in [0.2, 0.25) is 5.28 Å². The molecular formula is C15H20ClN3O2S. The highest BCUT2D eigenvalue weighted by Crippen LogP contribution is 2.36. The van der Waals surface area contributed by atoms with Gasteiger partial charge in [-0.1, -0.05) is 0 Å². The van der Waals surface area contributed by atoms with Gasteiger partial charge in [0.15, 0.2) is 0 Å². The van der Waals surface area contributed by atoms with Crippen LogP contribution >= 0.6 is 22.9 Å². The topological polar surface area (TPSA) is 64.1 Å². The number of nitrogens with one attached hydrogen (secondary N) is 1. The highest BCUT2D eigenvalue weighted by atomic mass is 35.5. The zero-order valence-corrected chi connectivity index (χ0v) is 15.1. The standard InChI is InChI=1S/C15H20ClN3O2S/c1-7(2)21-13(20)10-8(3)9-11(19-15(4,5)6)17-14(16)18-12(9)22-10/h7H,1-6H3,(H,17,18,19). The lowest BCUT2D eigenvalue weighted by molar-refractivity contribution is 0.0383. The molecule has 0 atom stereocenters. The van der Waals surface area contributed by atoms with Crippen molar-refractivity contribution in [1.29, 1.82) is 0 Å². The van der Waals surface area contributed by atoms with E-state index in [0.29, 0.717) is 15.5 Å². The Kier molecular flexibility index (Phi) is 4.63. The van der Waals surface area contributed by atoms with E-state index < -0.39 is 0 Å². The van der Waals surface area contributed by atoms with Crippen molar-refractivity contribution in [2.45, 2.75) is 53.2 Å². The number of ether oxygens (including phenoxy) is 1. The minimum absolute atomic E-state index is 0.157. The smallest absolute Gasteiger partial charge is 0.348 e. The van der Waals surface area contributed by atoms with Gasteiger partial charge in [-0.05, 0) is 58.7 Å². The fourth-order valence-corrected chi connectivity index (χ4v) is 3.30. The van der Waals surface area contributed by atoms with E-state index >= 15 is 0 Å². The molecule has 0 amide bonds. The molecule has 0 unspecified atom stereocenters. The van der Waals surface area contributed by atoms with E-state index in [0.717, 1.165) is 10.9 Å². The number of hydrogen-bond acceptors (Lipinski definition) is 6. The molecule has 0 saturated heterocycles. The van der Waals surface area contributed by atoms with Gasteiger partial charge in [-0.15, -0.1) is 11.3 Å². The Morgan fingerprint density at radius 3 is 2.50 bits per heavy atom. The summed E-state index contributed by atoms with van der Waals surface area (Å²) >= 11 is 7.28. The molecule has 0 spiro atoms. The summed E-state index contributed by atoms with van der Waals surface area (Å²) in [5, 5.41) is 4.29. The molecule has 2 rings (SSSR count). The number of hydrogen-bond donors (Lipinski definition) is 1. The third kappa shape index (κ3) is 3.67. The van der Waals surface area contributed by atoms with E-state index in [9.17, 15) is 4.79 Å². The third-order valence-electron chi connectivity index (χ3n) is 2.78. The highest BCUT2D eigenvalue weighted by Gasteiger charge is 2.23. The molecule has 0 radical (unpaired) electrons. The molecule has 0 bridgehead atoms. The van der Waals surface area contributed by atoms with Crippen LogP contribution in [0.5, 0.6) is 0 Å². The number of thiophene rings is 1. The maximum atomic E-state index is 12.2. The van der Waals surface area contributed by atoms with Crippen molar-refractivity contribution < 1.29 is 9.53 Å². The van der Waals surface area contributed by atoms with Gasteiger partial charge in [-0.25, -0.2) is 14.8 Å². The van der Waals surface area contributed by atoms with E-state index in [-0.39, 0.29) is 22.9 Å². The number of anilines is 1. The van der Waals surface area contributed by atoms with Crippen LogP contribution in [0.15, 0.2) is 0 Å². The number of carbonyl (C=O) groups is 1. The number of fused-ring (bicyclic) bond motifs is 1. The number of halogens is 1. The zero-order valence-electron chi connectivity index (χ0n) is 13.6. The second-order valence-electron chi connectivity index (χ2n) is 6.41. The van der Waals surface area contributed by atoms with Crippen LogP contribution in [0, 0.1) is 6.92 Å². The van der Waals surface area contributed by atoms with E-state index in [2.05, 4.69) is 15.3 Å². The Hall–Kier alpha value is -1.40. The molecule has 0 aliphatic rings. The summed E-state index contributed by atoms with van der Waals surface area (Å²) < 4.78 is 5.29. The number of nitrogens with zero attached hydrogens (tertiary/aromatic N) is 2. The summed E-state index contributed by atoms with van der Waals surface area (Å²) in [6, 6.07) is 0. The number of aryl methyl sites for hydroxylation is 1. The predicted molar refractivity (Wildman–Crippen MR) is 91.1 cm³/mol. The molecule has 0 aliphatic heterocycles. The van der Waals surface area contributed by atoms with Gasteiger partial charge in [0.05, 0.1) is 11.5 Å². The predicted octanol–water partition coefficient (Wildman–Crippen LogP) is 4.43. The largest absolute Gasteiger partial charge is 0.459 e. The van der Waals surface area contributed by atoms with Crippen LogP contribution in [0.1, 0.15) is 49.9 Å². The molecule has 5 nitrogen and oxygen atoms in total. The Balaban J connectivity index is 2.59. The van der Waals surface area contributed by atoms with Crippen LogP contribution in [-0.2, 0) is 4.74 Å². The van der Waals surface area contributed by atoms with Gasteiger partial charge in [0.1, 0.15) is 15.5 Å². The first-order chi connectivity index (χ1) is 10.1. The minimum atomic E-state index is -0.340. The van der Waals surface area contributed by atoms with Gasteiger partial charge in [-0.3, -0.25) is 0 Å². The second kappa shape index (κ2) is 6.01. The van der Waals surface area contributed by atoms with Gasteiger partial charge < -0.3 is 10.1 Å². The number of esters is 1. The van der Waals surface area contributed by atoms with Crippen molar-refractivity contribution in [3.63, 3.8) is 0 Å². The molecule has 7 heteroatoms. The van der Waals surface area contributed by atoms with Crippen LogP contribution in [0.25, 0.3) is 10.2 Å². The monoisotopic (exact) mass is 341 g/mol. The fourth-order valence-electron chi connectivity index (χ4n) is 2.02. The Labute approximate surface area is 139 Å². The van der Waals surface area contributed by atoms with Crippen molar-refractivity contribution in [1.82, 2.24) is 9.97 Å². The van der Waals surface area contributed by atoms with E-state index in [1.54, 1.807) is 0 Å².